The molecule has 3 aromatic rings. The van der Waals surface area contributed by atoms with E-state index >= 15 is 0 Å². The number of esters is 1. The second-order valence-corrected chi connectivity index (χ2v) is 6.93. The van der Waals surface area contributed by atoms with Crippen molar-refractivity contribution in [1.82, 2.24) is 14.3 Å². The van der Waals surface area contributed by atoms with E-state index in [0.29, 0.717) is 11.4 Å². The third-order valence-corrected chi connectivity index (χ3v) is 3.82. The number of aromatic nitrogens is 3. The highest BCUT2D eigenvalue weighted by molar-refractivity contribution is 5.96. The molecule has 2 aromatic heterocycles. The fourth-order valence-electron chi connectivity index (χ4n) is 2.76. The Bertz CT molecular complexity index is 992. The molecule has 0 fully saturated rings. The Morgan fingerprint density at radius 1 is 1.08 bits per heavy atom. The second-order valence-electron chi connectivity index (χ2n) is 6.93. The predicted molar refractivity (Wildman–Crippen MR) is 97.1 cm³/mol. The molecule has 7 heteroatoms. The number of nitrogens with zero attached hydrogens (tertiary/aromatic N) is 3. The highest BCUT2D eigenvalue weighted by Gasteiger charge is 2.25. The van der Waals surface area contributed by atoms with E-state index in [1.165, 1.54) is 11.7 Å². The number of hydrogen-bond donors (Lipinski definition) is 0. The molecule has 0 saturated carbocycles. The highest BCUT2D eigenvalue weighted by atomic mass is 16.6. The van der Waals surface area contributed by atoms with Gasteiger partial charge in [0.1, 0.15) is 5.60 Å². The largest absolute Gasteiger partial charge is 0.464 e. The first-order valence-corrected chi connectivity index (χ1v) is 8.18. The quantitative estimate of drug-likeness (QED) is 0.657. The lowest BCUT2D eigenvalue weighted by molar-refractivity contribution is 0.0545. The first-order chi connectivity index (χ1) is 12.2. The predicted octanol–water partition coefficient (Wildman–Crippen LogP) is 3.61. The van der Waals surface area contributed by atoms with Crippen LogP contribution in [0.25, 0.3) is 22.3 Å². The molecule has 0 N–H and O–H groups in total. The summed E-state index contributed by atoms with van der Waals surface area (Å²) in [6.07, 6.45) is -0.491. The molecule has 0 aliphatic carbocycles. The minimum atomic E-state index is -0.636. The first-order valence-electron chi connectivity index (χ1n) is 8.18. The lowest BCUT2D eigenvalue weighted by Crippen LogP contribution is -2.27. The number of carbonyl (C=O) groups excluding carboxylic acids is 2. The fourth-order valence-corrected chi connectivity index (χ4v) is 2.76. The van der Waals surface area contributed by atoms with Crippen molar-refractivity contribution in [2.75, 3.05) is 7.11 Å². The molecule has 2 heterocycles. The number of hydrogen-bond acceptors (Lipinski definition) is 5. The van der Waals surface area contributed by atoms with Gasteiger partial charge >= 0.3 is 12.1 Å². The number of carbonyl (C=O) groups is 2. The zero-order valence-corrected chi connectivity index (χ0v) is 15.4. The SMILES string of the molecule is COC(=O)c1cc(-c2cc3ccccc3n2C(=O)OC(C)(C)C)n(C)n1. The topological polar surface area (TPSA) is 75.3 Å². The van der Waals surface area contributed by atoms with Gasteiger partial charge in [0.15, 0.2) is 5.69 Å². The number of rotatable bonds is 2. The van der Waals surface area contributed by atoms with E-state index in [-0.39, 0.29) is 5.69 Å². The van der Waals surface area contributed by atoms with Gasteiger partial charge in [-0.2, -0.15) is 5.10 Å². The Kier molecular flexibility index (Phi) is 4.31. The lowest BCUT2D eigenvalue weighted by atomic mass is 10.2. The molecule has 0 unspecified atom stereocenters. The maximum Gasteiger partial charge on any atom is 0.419 e. The van der Waals surface area contributed by atoms with Gasteiger partial charge < -0.3 is 9.47 Å². The Hall–Kier alpha value is -3.09. The number of benzene rings is 1. The van der Waals surface area contributed by atoms with Crippen molar-refractivity contribution in [2.24, 2.45) is 7.05 Å². The summed E-state index contributed by atoms with van der Waals surface area (Å²) in [6.45, 7) is 5.45. The van der Waals surface area contributed by atoms with Crippen LogP contribution in [-0.2, 0) is 16.5 Å². The molecular formula is C19H21N3O4. The van der Waals surface area contributed by atoms with Crippen LogP contribution < -0.4 is 0 Å². The van der Waals surface area contributed by atoms with Crippen LogP contribution in [0.5, 0.6) is 0 Å². The maximum atomic E-state index is 12.9. The minimum Gasteiger partial charge on any atom is -0.464 e. The zero-order valence-electron chi connectivity index (χ0n) is 15.4. The molecule has 0 saturated heterocycles. The number of methoxy groups -OCH3 is 1. The molecule has 0 radical (unpaired) electrons. The van der Waals surface area contributed by atoms with Crippen molar-refractivity contribution >= 4 is 23.0 Å². The van der Waals surface area contributed by atoms with E-state index < -0.39 is 17.7 Å². The van der Waals surface area contributed by atoms with Gasteiger partial charge in [0.05, 0.1) is 24.0 Å². The molecule has 1 aromatic carbocycles. The van der Waals surface area contributed by atoms with Crippen LogP contribution in [0.15, 0.2) is 36.4 Å². The first kappa shape index (κ1) is 17.7. The number of aryl methyl sites for hydroxylation is 1. The molecule has 3 rings (SSSR count). The molecule has 0 aliphatic rings. The van der Waals surface area contributed by atoms with Gasteiger partial charge in [-0.25, -0.2) is 14.2 Å². The summed E-state index contributed by atoms with van der Waals surface area (Å²) >= 11 is 0. The average Bonchev–Trinajstić information content (AvgIpc) is 3.12. The van der Waals surface area contributed by atoms with Crippen LogP contribution >= 0.6 is 0 Å². The maximum absolute atomic E-state index is 12.9. The second kappa shape index (κ2) is 6.33. The molecule has 0 aliphatic heterocycles. The van der Waals surface area contributed by atoms with Crippen molar-refractivity contribution in [3.8, 4) is 11.4 Å². The summed E-state index contributed by atoms with van der Waals surface area (Å²) in [5.74, 6) is -0.535. The highest BCUT2D eigenvalue weighted by Crippen LogP contribution is 2.29. The Morgan fingerprint density at radius 3 is 2.42 bits per heavy atom. The summed E-state index contributed by atoms with van der Waals surface area (Å²) in [5, 5.41) is 5.06. The minimum absolute atomic E-state index is 0.172. The van der Waals surface area contributed by atoms with Gasteiger partial charge in [0, 0.05) is 18.5 Å². The van der Waals surface area contributed by atoms with Crippen LogP contribution in [0.4, 0.5) is 4.79 Å². The smallest absolute Gasteiger partial charge is 0.419 e. The van der Waals surface area contributed by atoms with Gasteiger partial charge in [-0.1, -0.05) is 18.2 Å². The standard InChI is InChI=1S/C19H21N3O4/c1-19(2,3)26-18(24)22-14-9-7-6-8-12(14)10-16(22)15-11-13(17(23)25-5)20-21(15)4/h6-11H,1-5H3. The van der Waals surface area contributed by atoms with E-state index in [2.05, 4.69) is 5.10 Å². The van der Waals surface area contributed by atoms with Gasteiger partial charge in [0.25, 0.3) is 0 Å². The summed E-state index contributed by atoms with van der Waals surface area (Å²) in [6, 6.07) is 11.0. The summed E-state index contributed by atoms with van der Waals surface area (Å²) < 4.78 is 13.3. The van der Waals surface area contributed by atoms with Crippen molar-refractivity contribution in [2.45, 2.75) is 26.4 Å². The Labute approximate surface area is 151 Å². The average molecular weight is 355 g/mol. The number of para-hydroxylation sites is 1. The van der Waals surface area contributed by atoms with Gasteiger partial charge in [-0.05, 0) is 32.9 Å². The van der Waals surface area contributed by atoms with Crippen LogP contribution in [0.2, 0.25) is 0 Å². The molecule has 7 nitrogen and oxygen atoms in total. The third kappa shape index (κ3) is 3.20. The van der Waals surface area contributed by atoms with E-state index in [0.717, 1.165) is 10.9 Å². The van der Waals surface area contributed by atoms with E-state index in [4.69, 9.17) is 9.47 Å². The van der Waals surface area contributed by atoms with E-state index in [1.807, 2.05) is 51.1 Å². The molecule has 0 amide bonds. The van der Waals surface area contributed by atoms with Crippen molar-refractivity contribution in [1.29, 1.82) is 0 Å². The lowest BCUT2D eigenvalue weighted by Gasteiger charge is -2.21. The summed E-state index contributed by atoms with van der Waals surface area (Å²) in [4.78, 5) is 24.6. The van der Waals surface area contributed by atoms with Crippen LogP contribution in [0, 0.1) is 0 Å². The van der Waals surface area contributed by atoms with Gasteiger partial charge in [-0.15, -0.1) is 0 Å². The summed E-state index contributed by atoms with van der Waals surface area (Å²) in [7, 11) is 3.01. The molecule has 0 spiro atoms. The molecular weight excluding hydrogens is 334 g/mol. The van der Waals surface area contributed by atoms with Crippen LogP contribution in [0.3, 0.4) is 0 Å². The monoisotopic (exact) mass is 355 g/mol. The molecule has 136 valence electrons. The van der Waals surface area contributed by atoms with Crippen LogP contribution in [0.1, 0.15) is 31.3 Å². The van der Waals surface area contributed by atoms with E-state index in [9.17, 15) is 9.59 Å². The Balaban J connectivity index is 2.20. The Morgan fingerprint density at radius 2 is 1.77 bits per heavy atom. The van der Waals surface area contributed by atoms with E-state index in [1.54, 1.807) is 17.8 Å². The number of fused-ring (bicyclic) bond motifs is 1. The normalized spacial score (nSPS) is 11.6. The van der Waals surface area contributed by atoms with Gasteiger partial charge in [0.2, 0.25) is 0 Å². The fraction of sp³-hybridized carbons (Fsp3) is 0.316. The third-order valence-electron chi connectivity index (χ3n) is 3.82. The van der Waals surface area contributed by atoms with Crippen molar-refractivity contribution in [3.63, 3.8) is 0 Å². The summed E-state index contributed by atoms with van der Waals surface area (Å²) in [5.41, 5.74) is 1.45. The van der Waals surface area contributed by atoms with Crippen molar-refractivity contribution < 1.29 is 19.1 Å². The number of ether oxygens (including phenoxy) is 2. The molecule has 0 bridgehead atoms. The van der Waals surface area contributed by atoms with Crippen LogP contribution in [-0.4, -0.2) is 39.1 Å². The molecule has 26 heavy (non-hydrogen) atoms. The zero-order chi connectivity index (χ0) is 19.1. The van der Waals surface area contributed by atoms with Crippen molar-refractivity contribution in [3.05, 3.63) is 42.1 Å². The van der Waals surface area contributed by atoms with Gasteiger partial charge in [-0.3, -0.25) is 4.68 Å². The molecule has 0 atom stereocenters.